The normalized spacial score (nSPS) is 11.1. The number of anilines is 1. The van der Waals surface area contributed by atoms with E-state index in [1.807, 2.05) is 89.2 Å². The number of rotatable bonds is 5. The van der Waals surface area contributed by atoms with Gasteiger partial charge in [-0.05, 0) is 48.9 Å². The number of carbonyl (C=O) groups is 1. The second-order valence-corrected chi connectivity index (χ2v) is 8.05. The number of benzene rings is 2. The summed E-state index contributed by atoms with van der Waals surface area (Å²) in [6.07, 6.45) is 3.67. The van der Waals surface area contributed by atoms with Crippen molar-refractivity contribution in [3.8, 4) is 5.69 Å². The van der Waals surface area contributed by atoms with Gasteiger partial charge in [0.2, 0.25) is 0 Å². The Morgan fingerprint density at radius 2 is 1.93 bits per heavy atom. The average molecular weight is 414 g/mol. The first-order valence-electron chi connectivity index (χ1n) is 9.60. The van der Waals surface area contributed by atoms with Crippen molar-refractivity contribution in [2.45, 2.75) is 13.5 Å². The van der Waals surface area contributed by atoms with E-state index in [1.54, 1.807) is 6.20 Å². The van der Waals surface area contributed by atoms with Crippen LogP contribution >= 0.6 is 11.3 Å². The first-order chi connectivity index (χ1) is 14.7. The summed E-state index contributed by atoms with van der Waals surface area (Å²) in [5.74, 6) is -0.119. The van der Waals surface area contributed by atoms with E-state index >= 15 is 0 Å². The van der Waals surface area contributed by atoms with Gasteiger partial charge in [0.1, 0.15) is 4.83 Å². The minimum absolute atomic E-state index is 0.119. The topological polar surface area (TPSA) is 64.7 Å². The van der Waals surface area contributed by atoms with Crippen molar-refractivity contribution in [2.75, 3.05) is 5.32 Å². The third-order valence-electron chi connectivity index (χ3n) is 4.86. The Hall–Kier alpha value is -3.71. The van der Waals surface area contributed by atoms with Gasteiger partial charge >= 0.3 is 0 Å². The lowest BCUT2D eigenvalue weighted by Crippen LogP contribution is -2.10. The maximum Gasteiger partial charge on any atom is 0.265 e. The zero-order valence-electron chi connectivity index (χ0n) is 16.3. The second-order valence-electron chi connectivity index (χ2n) is 7.02. The number of thiophene rings is 1. The van der Waals surface area contributed by atoms with Crippen molar-refractivity contribution >= 4 is 33.1 Å². The van der Waals surface area contributed by atoms with Gasteiger partial charge in [0.25, 0.3) is 5.91 Å². The summed E-state index contributed by atoms with van der Waals surface area (Å²) in [6, 6.07) is 21.6. The van der Waals surface area contributed by atoms with E-state index in [1.165, 1.54) is 11.3 Å². The first-order valence-corrected chi connectivity index (χ1v) is 10.4. The summed E-state index contributed by atoms with van der Waals surface area (Å²) < 4.78 is 3.75. The molecule has 0 aliphatic rings. The Morgan fingerprint density at radius 1 is 1.07 bits per heavy atom. The van der Waals surface area contributed by atoms with Gasteiger partial charge < -0.3 is 5.32 Å². The molecule has 0 aliphatic carbocycles. The standard InChI is InChI=1S/C23H19N5OS/c1-16-20-14-21(30-23(20)28(26-16)19-9-3-2-4-10-19)22(29)25-18-8-5-7-17(13-18)15-27-12-6-11-24-27/h2-14H,15H2,1H3,(H,25,29). The molecule has 2 aromatic carbocycles. The summed E-state index contributed by atoms with van der Waals surface area (Å²) >= 11 is 1.45. The Kier molecular flexibility index (Phi) is 4.65. The van der Waals surface area contributed by atoms with E-state index in [0.29, 0.717) is 11.4 Å². The van der Waals surface area contributed by atoms with Crippen LogP contribution in [0.1, 0.15) is 20.9 Å². The molecular weight excluding hydrogens is 394 g/mol. The zero-order chi connectivity index (χ0) is 20.5. The van der Waals surface area contributed by atoms with Crippen LogP contribution in [0, 0.1) is 6.92 Å². The molecule has 5 rings (SSSR count). The molecule has 3 aromatic heterocycles. The molecule has 0 bridgehead atoms. The van der Waals surface area contributed by atoms with Crippen molar-refractivity contribution < 1.29 is 4.79 Å². The molecule has 1 amide bonds. The third kappa shape index (κ3) is 3.51. The maximum absolute atomic E-state index is 12.9. The molecule has 0 saturated heterocycles. The van der Waals surface area contributed by atoms with Gasteiger partial charge in [-0.3, -0.25) is 9.48 Å². The molecule has 0 radical (unpaired) electrons. The third-order valence-corrected chi connectivity index (χ3v) is 5.97. The van der Waals surface area contributed by atoms with E-state index in [2.05, 4.69) is 15.5 Å². The van der Waals surface area contributed by atoms with E-state index < -0.39 is 0 Å². The van der Waals surface area contributed by atoms with Crippen LogP contribution in [0.5, 0.6) is 0 Å². The van der Waals surface area contributed by atoms with Crippen molar-refractivity contribution in [3.63, 3.8) is 0 Å². The van der Waals surface area contributed by atoms with E-state index in [9.17, 15) is 4.79 Å². The van der Waals surface area contributed by atoms with Crippen LogP contribution in [0.25, 0.3) is 15.9 Å². The molecule has 0 spiro atoms. The summed E-state index contributed by atoms with van der Waals surface area (Å²) in [6.45, 7) is 2.63. The van der Waals surface area contributed by atoms with Crippen LogP contribution in [-0.2, 0) is 6.54 Å². The largest absolute Gasteiger partial charge is 0.321 e. The lowest BCUT2D eigenvalue weighted by Gasteiger charge is -2.07. The number of aryl methyl sites for hydroxylation is 1. The number of hydrogen-bond donors (Lipinski definition) is 1. The predicted octanol–water partition coefficient (Wildman–Crippen LogP) is 4.89. The quantitative estimate of drug-likeness (QED) is 0.446. The number of amides is 1. The van der Waals surface area contributed by atoms with Gasteiger partial charge in [-0.2, -0.15) is 10.2 Å². The van der Waals surface area contributed by atoms with Gasteiger partial charge in [-0.1, -0.05) is 30.3 Å². The smallest absolute Gasteiger partial charge is 0.265 e. The fourth-order valence-corrected chi connectivity index (χ4v) is 4.50. The summed E-state index contributed by atoms with van der Waals surface area (Å²) in [7, 11) is 0. The molecule has 0 atom stereocenters. The molecule has 5 aromatic rings. The number of nitrogens with zero attached hydrogens (tertiary/aromatic N) is 4. The van der Waals surface area contributed by atoms with Crippen LogP contribution in [0.15, 0.2) is 79.1 Å². The van der Waals surface area contributed by atoms with Gasteiger partial charge in [0, 0.05) is 23.5 Å². The van der Waals surface area contributed by atoms with Gasteiger partial charge in [0.05, 0.1) is 22.8 Å². The summed E-state index contributed by atoms with van der Waals surface area (Å²) in [5.41, 5.74) is 3.73. The highest BCUT2D eigenvalue weighted by Crippen LogP contribution is 2.31. The summed E-state index contributed by atoms with van der Waals surface area (Å²) in [4.78, 5) is 14.5. The number of para-hydroxylation sites is 1. The number of carbonyl (C=O) groups excluding carboxylic acids is 1. The molecule has 0 aliphatic heterocycles. The second kappa shape index (κ2) is 7.61. The average Bonchev–Trinajstić information content (AvgIpc) is 3.48. The molecule has 30 heavy (non-hydrogen) atoms. The predicted molar refractivity (Wildman–Crippen MR) is 119 cm³/mol. The molecule has 3 heterocycles. The number of nitrogens with one attached hydrogen (secondary N) is 1. The SMILES string of the molecule is Cc1nn(-c2ccccc2)c2sc(C(=O)Nc3cccc(Cn4cccn4)c3)cc12. The van der Waals surface area contributed by atoms with Gasteiger partial charge in [0.15, 0.2) is 0 Å². The Bertz CT molecular complexity index is 1320. The minimum Gasteiger partial charge on any atom is -0.321 e. The van der Waals surface area contributed by atoms with Crippen LogP contribution in [0.4, 0.5) is 5.69 Å². The lowest BCUT2D eigenvalue weighted by atomic mass is 10.2. The number of hydrogen-bond acceptors (Lipinski definition) is 4. The lowest BCUT2D eigenvalue weighted by molar-refractivity contribution is 0.103. The molecule has 0 saturated carbocycles. The Labute approximate surface area is 177 Å². The molecule has 148 valence electrons. The van der Waals surface area contributed by atoms with Crippen LogP contribution in [-0.4, -0.2) is 25.5 Å². The highest BCUT2D eigenvalue weighted by atomic mass is 32.1. The van der Waals surface area contributed by atoms with Crippen LogP contribution in [0.2, 0.25) is 0 Å². The van der Waals surface area contributed by atoms with Crippen molar-refractivity contribution in [1.29, 1.82) is 0 Å². The van der Waals surface area contributed by atoms with Gasteiger partial charge in [-0.15, -0.1) is 11.3 Å². The van der Waals surface area contributed by atoms with Crippen molar-refractivity contribution in [3.05, 3.63) is 95.3 Å². The van der Waals surface area contributed by atoms with E-state index in [0.717, 1.165) is 32.8 Å². The Balaban J connectivity index is 1.40. The Morgan fingerprint density at radius 3 is 2.73 bits per heavy atom. The molecule has 1 N–H and O–H groups in total. The fourth-order valence-electron chi connectivity index (χ4n) is 3.42. The maximum atomic E-state index is 12.9. The highest BCUT2D eigenvalue weighted by molar-refractivity contribution is 7.20. The number of fused-ring (bicyclic) bond motifs is 1. The summed E-state index contributed by atoms with van der Waals surface area (Å²) in [5, 5.41) is 12.9. The molecule has 7 heteroatoms. The molecule has 0 unspecified atom stereocenters. The van der Waals surface area contributed by atoms with Crippen LogP contribution < -0.4 is 5.32 Å². The highest BCUT2D eigenvalue weighted by Gasteiger charge is 2.17. The fraction of sp³-hybridized carbons (Fsp3) is 0.0870. The molecule has 6 nitrogen and oxygen atoms in total. The monoisotopic (exact) mass is 413 g/mol. The molecule has 0 fully saturated rings. The van der Waals surface area contributed by atoms with E-state index in [-0.39, 0.29) is 5.91 Å². The van der Waals surface area contributed by atoms with E-state index in [4.69, 9.17) is 0 Å². The van der Waals surface area contributed by atoms with Crippen molar-refractivity contribution in [2.24, 2.45) is 0 Å². The first kappa shape index (κ1) is 18.3. The number of aromatic nitrogens is 4. The van der Waals surface area contributed by atoms with Gasteiger partial charge in [-0.25, -0.2) is 4.68 Å². The molecular formula is C23H19N5OS. The zero-order valence-corrected chi connectivity index (χ0v) is 17.1. The minimum atomic E-state index is -0.119. The van der Waals surface area contributed by atoms with Crippen molar-refractivity contribution in [1.82, 2.24) is 19.6 Å². The van der Waals surface area contributed by atoms with Crippen LogP contribution in [0.3, 0.4) is 0 Å².